The number of nitrogens with zero attached hydrogens (tertiary/aromatic N) is 1. The molecule has 0 radical (unpaired) electrons. The van der Waals surface area contributed by atoms with Gasteiger partial charge in [0.15, 0.2) is 0 Å². The van der Waals surface area contributed by atoms with E-state index in [1.807, 2.05) is 5.32 Å². The number of carboxylic acid groups (broad SMARTS) is 2. The fourth-order valence-electron chi connectivity index (χ4n) is 1.57. The molecule has 0 aliphatic heterocycles. The third-order valence-electron chi connectivity index (χ3n) is 2.70. The highest BCUT2D eigenvalue weighted by Crippen LogP contribution is 2.15. The number of carbonyl (C=O) groups is 3. The molecule has 0 aliphatic rings. The lowest BCUT2D eigenvalue weighted by atomic mass is 9.93. The van der Waals surface area contributed by atoms with Gasteiger partial charge in [0.05, 0.1) is 6.07 Å². The van der Waals surface area contributed by atoms with Gasteiger partial charge in [0, 0.05) is 18.4 Å². The number of benzene rings is 1. The lowest BCUT2D eigenvalue weighted by Crippen LogP contribution is -2.60. The van der Waals surface area contributed by atoms with Crippen molar-refractivity contribution in [2.75, 3.05) is 0 Å². The number of hydrogen-bond acceptors (Lipinski definition) is 4. The number of carboxylic acids is 2. The van der Waals surface area contributed by atoms with Gasteiger partial charge in [-0.1, -0.05) is 18.2 Å². The van der Waals surface area contributed by atoms with Crippen molar-refractivity contribution < 1.29 is 24.6 Å². The van der Waals surface area contributed by atoms with Gasteiger partial charge in [-0.2, -0.15) is 5.26 Å². The summed E-state index contributed by atoms with van der Waals surface area (Å²) < 4.78 is 0. The van der Waals surface area contributed by atoms with Crippen molar-refractivity contribution in [3.05, 3.63) is 35.9 Å². The molecular weight excluding hydrogens is 264 g/mol. The Hall–Kier alpha value is -2.88. The van der Waals surface area contributed by atoms with E-state index in [9.17, 15) is 14.4 Å². The molecule has 0 saturated carbocycles. The van der Waals surface area contributed by atoms with Gasteiger partial charge in [-0.15, -0.1) is 0 Å². The van der Waals surface area contributed by atoms with Crippen LogP contribution < -0.4 is 5.32 Å². The number of nitriles is 1. The van der Waals surface area contributed by atoms with E-state index in [2.05, 4.69) is 0 Å². The standard InChI is InChI=1S/C13H12N2O5/c14-8-4-7-13(11(17)18,12(19)20)15-10(16)9-5-2-1-3-6-9/h1-3,5-6H,4,7H2,(H,15,16)(H,17,18)(H,19,20). The molecule has 1 amide bonds. The molecule has 3 N–H and O–H groups in total. The Morgan fingerprint density at radius 1 is 1.15 bits per heavy atom. The van der Waals surface area contributed by atoms with Crippen molar-refractivity contribution in [2.45, 2.75) is 18.4 Å². The molecule has 0 fully saturated rings. The van der Waals surface area contributed by atoms with E-state index in [0.29, 0.717) is 0 Å². The highest BCUT2D eigenvalue weighted by atomic mass is 16.4. The van der Waals surface area contributed by atoms with Crippen LogP contribution in [0.3, 0.4) is 0 Å². The van der Waals surface area contributed by atoms with Crippen LogP contribution in [0, 0.1) is 11.3 Å². The van der Waals surface area contributed by atoms with Crippen molar-refractivity contribution in [1.82, 2.24) is 5.32 Å². The molecule has 0 unspecified atom stereocenters. The molecule has 1 aromatic rings. The van der Waals surface area contributed by atoms with Crippen molar-refractivity contribution in [3.63, 3.8) is 0 Å². The maximum Gasteiger partial charge on any atom is 0.341 e. The molecule has 0 bridgehead atoms. The monoisotopic (exact) mass is 276 g/mol. The minimum atomic E-state index is -2.51. The van der Waals surface area contributed by atoms with Crippen molar-refractivity contribution >= 4 is 17.8 Å². The van der Waals surface area contributed by atoms with Gasteiger partial charge in [-0.05, 0) is 12.1 Å². The lowest BCUT2D eigenvalue weighted by Gasteiger charge is -2.25. The van der Waals surface area contributed by atoms with Gasteiger partial charge in [-0.25, -0.2) is 9.59 Å². The van der Waals surface area contributed by atoms with E-state index in [1.165, 1.54) is 12.1 Å². The molecule has 1 aromatic carbocycles. The number of nitrogens with one attached hydrogen (secondary N) is 1. The second-order valence-electron chi connectivity index (χ2n) is 3.99. The molecule has 20 heavy (non-hydrogen) atoms. The molecular formula is C13H12N2O5. The second-order valence-corrected chi connectivity index (χ2v) is 3.99. The number of carbonyl (C=O) groups excluding carboxylic acids is 1. The molecule has 7 nitrogen and oxygen atoms in total. The normalized spacial score (nSPS) is 10.3. The van der Waals surface area contributed by atoms with E-state index in [1.54, 1.807) is 24.3 Å². The summed E-state index contributed by atoms with van der Waals surface area (Å²) in [6, 6.07) is 9.30. The van der Waals surface area contributed by atoms with Gasteiger partial charge in [0.1, 0.15) is 0 Å². The van der Waals surface area contributed by atoms with Crippen LogP contribution in [-0.2, 0) is 9.59 Å². The van der Waals surface area contributed by atoms with Crippen LogP contribution in [0.2, 0.25) is 0 Å². The second kappa shape index (κ2) is 6.33. The van der Waals surface area contributed by atoms with Gasteiger partial charge >= 0.3 is 11.9 Å². The highest BCUT2D eigenvalue weighted by Gasteiger charge is 2.47. The van der Waals surface area contributed by atoms with E-state index < -0.39 is 29.8 Å². The smallest absolute Gasteiger partial charge is 0.341 e. The summed E-state index contributed by atoms with van der Waals surface area (Å²) in [5, 5.41) is 28.7. The fraction of sp³-hybridized carbons (Fsp3) is 0.231. The Bertz CT molecular complexity index is 548. The third kappa shape index (κ3) is 3.11. The number of rotatable bonds is 6. The average molecular weight is 276 g/mol. The van der Waals surface area contributed by atoms with E-state index >= 15 is 0 Å². The Morgan fingerprint density at radius 2 is 1.70 bits per heavy atom. The van der Waals surface area contributed by atoms with Gasteiger partial charge < -0.3 is 15.5 Å². The minimum Gasteiger partial charge on any atom is -0.479 e. The summed E-state index contributed by atoms with van der Waals surface area (Å²) >= 11 is 0. The first-order valence-electron chi connectivity index (χ1n) is 5.65. The fourth-order valence-corrected chi connectivity index (χ4v) is 1.57. The van der Waals surface area contributed by atoms with Gasteiger partial charge in [0.2, 0.25) is 5.54 Å². The summed E-state index contributed by atoms with van der Waals surface area (Å²) in [6.45, 7) is 0. The third-order valence-corrected chi connectivity index (χ3v) is 2.70. The van der Waals surface area contributed by atoms with E-state index in [-0.39, 0.29) is 12.0 Å². The zero-order valence-corrected chi connectivity index (χ0v) is 10.4. The molecule has 0 heterocycles. The molecule has 7 heteroatoms. The largest absolute Gasteiger partial charge is 0.479 e. The summed E-state index contributed by atoms with van der Waals surface area (Å²) in [5.41, 5.74) is -2.38. The van der Waals surface area contributed by atoms with Gasteiger partial charge in [0.25, 0.3) is 5.91 Å². The van der Waals surface area contributed by atoms with E-state index in [4.69, 9.17) is 15.5 Å². The topological polar surface area (TPSA) is 127 Å². The molecule has 1 rings (SSSR count). The molecule has 104 valence electrons. The molecule has 0 aliphatic carbocycles. The first-order valence-corrected chi connectivity index (χ1v) is 5.65. The zero-order chi connectivity index (χ0) is 15.2. The van der Waals surface area contributed by atoms with Crippen LogP contribution in [0.1, 0.15) is 23.2 Å². The lowest BCUT2D eigenvalue weighted by molar-refractivity contribution is -0.158. The Kier molecular flexibility index (Phi) is 4.81. The maximum absolute atomic E-state index is 11.9. The number of hydrogen-bond donors (Lipinski definition) is 3. The van der Waals surface area contributed by atoms with Crippen molar-refractivity contribution in [3.8, 4) is 6.07 Å². The predicted molar refractivity (Wildman–Crippen MR) is 66.8 cm³/mol. The summed E-state index contributed by atoms with van der Waals surface area (Å²) in [5.74, 6) is -4.26. The molecule has 0 atom stereocenters. The predicted octanol–water partition coefficient (Wildman–Crippen LogP) is 0.628. The molecule has 0 aromatic heterocycles. The van der Waals surface area contributed by atoms with Crippen molar-refractivity contribution in [1.29, 1.82) is 5.26 Å². The minimum absolute atomic E-state index is 0.135. The SMILES string of the molecule is N#CCCC(NC(=O)c1ccccc1)(C(=O)O)C(=O)O. The average Bonchev–Trinajstić information content (AvgIpc) is 2.43. The highest BCUT2D eigenvalue weighted by molar-refractivity contribution is 6.08. The molecule has 0 saturated heterocycles. The van der Waals surface area contributed by atoms with Crippen LogP contribution in [0.5, 0.6) is 0 Å². The molecule has 0 spiro atoms. The van der Waals surface area contributed by atoms with Crippen LogP contribution in [0.4, 0.5) is 0 Å². The van der Waals surface area contributed by atoms with Crippen LogP contribution in [0.25, 0.3) is 0 Å². The Balaban J connectivity index is 3.07. The zero-order valence-electron chi connectivity index (χ0n) is 10.4. The quantitative estimate of drug-likeness (QED) is 0.654. The number of amides is 1. The van der Waals surface area contributed by atoms with Crippen LogP contribution in [-0.4, -0.2) is 33.6 Å². The van der Waals surface area contributed by atoms with Crippen LogP contribution >= 0.6 is 0 Å². The Labute approximate surface area is 114 Å². The van der Waals surface area contributed by atoms with Crippen LogP contribution in [0.15, 0.2) is 30.3 Å². The Morgan fingerprint density at radius 3 is 2.15 bits per heavy atom. The summed E-state index contributed by atoms with van der Waals surface area (Å²) in [7, 11) is 0. The van der Waals surface area contributed by atoms with E-state index in [0.717, 1.165) is 0 Å². The first-order chi connectivity index (χ1) is 9.44. The first kappa shape index (κ1) is 15.2. The summed E-state index contributed by atoms with van der Waals surface area (Å²) in [4.78, 5) is 34.4. The van der Waals surface area contributed by atoms with Crippen molar-refractivity contribution in [2.24, 2.45) is 0 Å². The van der Waals surface area contributed by atoms with Gasteiger partial charge in [-0.3, -0.25) is 4.79 Å². The summed E-state index contributed by atoms with van der Waals surface area (Å²) in [6.07, 6.45) is -0.833. The number of aliphatic carboxylic acids is 2. The maximum atomic E-state index is 11.9.